The predicted molar refractivity (Wildman–Crippen MR) is 108 cm³/mol. The smallest absolute Gasteiger partial charge is 0.212 e. The lowest BCUT2D eigenvalue weighted by molar-refractivity contribution is 0.0853. The molecule has 5 rings (SSSR count). The maximum Gasteiger partial charge on any atom is 0.212 e. The molecule has 4 heterocycles. The summed E-state index contributed by atoms with van der Waals surface area (Å²) in [5.41, 5.74) is 3.06. The minimum atomic E-state index is -0.482. The molecule has 0 saturated heterocycles. The van der Waals surface area contributed by atoms with Crippen molar-refractivity contribution in [2.75, 3.05) is 20.8 Å². The van der Waals surface area contributed by atoms with Crippen molar-refractivity contribution in [2.24, 2.45) is 0 Å². The van der Waals surface area contributed by atoms with E-state index in [0.717, 1.165) is 16.7 Å². The number of halogens is 1. The molecule has 1 unspecified atom stereocenters. The first-order chi connectivity index (χ1) is 15.1. The number of fused-ring (bicyclic) bond motifs is 2. The van der Waals surface area contributed by atoms with Crippen LogP contribution in [-0.4, -0.2) is 40.4 Å². The number of hydrogen-bond donors (Lipinski definition) is 0. The summed E-state index contributed by atoms with van der Waals surface area (Å²) in [4.78, 5) is 8.55. The van der Waals surface area contributed by atoms with Gasteiger partial charge in [-0.15, -0.1) is 0 Å². The van der Waals surface area contributed by atoms with Crippen LogP contribution in [0.15, 0.2) is 49.1 Å². The van der Waals surface area contributed by atoms with Gasteiger partial charge in [0.2, 0.25) is 5.88 Å². The zero-order chi connectivity index (χ0) is 21.4. The molecule has 3 aromatic heterocycles. The normalized spacial score (nSPS) is 15.1. The number of nitrogens with zero attached hydrogens (tertiary/aromatic N) is 4. The molecule has 31 heavy (non-hydrogen) atoms. The molecule has 0 N–H and O–H groups in total. The standard InChI is InChI=1S/C22H19FN4O4/c1-28-16-10-25-22-15(9-26-27(22)11-16)5-13-6-17(23)21-18(7-13)30-12-19(31-21)14-3-4-20(29-2)24-8-14/h3-4,6-11,19H,5,12H2,1-2H3. The third-order valence-electron chi connectivity index (χ3n) is 5.10. The first-order valence-electron chi connectivity index (χ1n) is 9.62. The summed E-state index contributed by atoms with van der Waals surface area (Å²) in [5, 5.41) is 4.30. The highest BCUT2D eigenvalue weighted by atomic mass is 19.1. The van der Waals surface area contributed by atoms with Crippen LogP contribution in [0.3, 0.4) is 0 Å². The van der Waals surface area contributed by atoms with E-state index in [1.165, 1.54) is 6.07 Å². The largest absolute Gasteiger partial charge is 0.494 e. The summed E-state index contributed by atoms with van der Waals surface area (Å²) < 4.78 is 38.5. The summed E-state index contributed by atoms with van der Waals surface area (Å²) in [6.45, 7) is 0.252. The highest BCUT2D eigenvalue weighted by Crippen LogP contribution is 2.40. The molecule has 0 spiro atoms. The highest BCUT2D eigenvalue weighted by Gasteiger charge is 2.26. The van der Waals surface area contributed by atoms with Crippen LogP contribution in [0.25, 0.3) is 5.65 Å². The first-order valence-corrected chi connectivity index (χ1v) is 9.62. The van der Waals surface area contributed by atoms with Crippen LogP contribution in [0.5, 0.6) is 23.1 Å². The molecule has 158 valence electrons. The second kappa shape index (κ2) is 7.75. The van der Waals surface area contributed by atoms with E-state index >= 15 is 0 Å². The minimum Gasteiger partial charge on any atom is -0.494 e. The number of pyridine rings is 1. The Morgan fingerprint density at radius 2 is 2.03 bits per heavy atom. The molecular weight excluding hydrogens is 403 g/mol. The summed E-state index contributed by atoms with van der Waals surface area (Å²) in [6.07, 6.45) is 6.71. The Balaban J connectivity index is 1.38. The zero-order valence-corrected chi connectivity index (χ0v) is 16.9. The van der Waals surface area contributed by atoms with Crippen LogP contribution in [0.1, 0.15) is 22.8 Å². The molecule has 0 aliphatic carbocycles. The molecule has 0 amide bonds. The van der Waals surface area contributed by atoms with Crippen LogP contribution >= 0.6 is 0 Å². The van der Waals surface area contributed by atoms with Gasteiger partial charge in [-0.2, -0.15) is 5.10 Å². The predicted octanol–water partition coefficient (Wildman–Crippen LogP) is 3.38. The number of hydrogen-bond acceptors (Lipinski definition) is 7. The van der Waals surface area contributed by atoms with E-state index in [9.17, 15) is 4.39 Å². The average Bonchev–Trinajstić information content (AvgIpc) is 3.20. The summed E-state index contributed by atoms with van der Waals surface area (Å²) in [5.74, 6) is 1.09. The van der Waals surface area contributed by atoms with E-state index in [-0.39, 0.29) is 12.4 Å². The van der Waals surface area contributed by atoms with E-state index < -0.39 is 11.9 Å². The van der Waals surface area contributed by atoms with Gasteiger partial charge in [0.25, 0.3) is 0 Å². The molecule has 1 aromatic carbocycles. The van der Waals surface area contributed by atoms with Crippen molar-refractivity contribution in [2.45, 2.75) is 12.5 Å². The average molecular weight is 422 g/mol. The molecule has 8 nitrogen and oxygen atoms in total. The van der Waals surface area contributed by atoms with Gasteiger partial charge in [0, 0.05) is 29.8 Å². The Morgan fingerprint density at radius 3 is 2.81 bits per heavy atom. The van der Waals surface area contributed by atoms with Gasteiger partial charge in [0.15, 0.2) is 34.8 Å². The maximum absolute atomic E-state index is 14.9. The minimum absolute atomic E-state index is 0.0959. The molecule has 0 radical (unpaired) electrons. The Kier molecular flexibility index (Phi) is 4.78. The fourth-order valence-corrected chi connectivity index (χ4v) is 3.51. The lowest BCUT2D eigenvalue weighted by Crippen LogP contribution is -2.22. The van der Waals surface area contributed by atoms with Crippen LogP contribution in [-0.2, 0) is 6.42 Å². The summed E-state index contributed by atoms with van der Waals surface area (Å²) in [7, 11) is 3.12. The number of ether oxygens (including phenoxy) is 4. The molecular formula is C22H19FN4O4. The van der Waals surface area contributed by atoms with Gasteiger partial charge in [0.05, 0.1) is 32.8 Å². The lowest BCUT2D eigenvalue weighted by atomic mass is 10.1. The van der Waals surface area contributed by atoms with Crippen molar-refractivity contribution in [1.82, 2.24) is 19.6 Å². The monoisotopic (exact) mass is 422 g/mol. The summed E-state index contributed by atoms with van der Waals surface area (Å²) in [6, 6.07) is 6.79. The van der Waals surface area contributed by atoms with Gasteiger partial charge >= 0.3 is 0 Å². The third kappa shape index (κ3) is 3.58. The number of methoxy groups -OCH3 is 2. The van der Waals surface area contributed by atoms with Gasteiger partial charge < -0.3 is 18.9 Å². The fourth-order valence-electron chi connectivity index (χ4n) is 3.51. The molecule has 1 aliphatic heterocycles. The zero-order valence-electron chi connectivity index (χ0n) is 16.9. The fraction of sp³-hybridized carbons (Fsp3) is 0.227. The van der Waals surface area contributed by atoms with Crippen LogP contribution in [0, 0.1) is 5.82 Å². The quantitative estimate of drug-likeness (QED) is 0.488. The van der Waals surface area contributed by atoms with Crippen molar-refractivity contribution >= 4 is 5.65 Å². The summed E-state index contributed by atoms with van der Waals surface area (Å²) >= 11 is 0. The van der Waals surface area contributed by atoms with Crippen molar-refractivity contribution in [3.63, 3.8) is 0 Å². The van der Waals surface area contributed by atoms with Gasteiger partial charge in [-0.1, -0.05) is 0 Å². The van der Waals surface area contributed by atoms with Crippen molar-refractivity contribution in [3.8, 4) is 23.1 Å². The number of aromatic nitrogens is 4. The van der Waals surface area contributed by atoms with E-state index in [2.05, 4.69) is 15.1 Å². The second-order valence-corrected chi connectivity index (χ2v) is 7.06. The Bertz CT molecular complexity index is 1240. The molecule has 1 atom stereocenters. The van der Waals surface area contributed by atoms with E-state index in [4.69, 9.17) is 18.9 Å². The number of rotatable bonds is 5. The maximum atomic E-state index is 14.9. The van der Waals surface area contributed by atoms with Gasteiger partial charge in [0.1, 0.15) is 6.61 Å². The second-order valence-electron chi connectivity index (χ2n) is 7.06. The Hall–Kier alpha value is -3.88. The van der Waals surface area contributed by atoms with Crippen molar-refractivity contribution in [3.05, 3.63) is 71.6 Å². The van der Waals surface area contributed by atoms with Crippen LogP contribution < -0.4 is 18.9 Å². The molecule has 1 aliphatic rings. The van der Waals surface area contributed by atoms with Gasteiger partial charge in [-0.25, -0.2) is 18.9 Å². The van der Waals surface area contributed by atoms with Crippen molar-refractivity contribution in [1.29, 1.82) is 0 Å². The van der Waals surface area contributed by atoms with E-state index in [1.807, 2.05) is 6.07 Å². The molecule has 0 fully saturated rings. The molecule has 9 heteroatoms. The Morgan fingerprint density at radius 1 is 1.13 bits per heavy atom. The molecule has 4 aromatic rings. The van der Waals surface area contributed by atoms with Crippen molar-refractivity contribution < 1.29 is 23.3 Å². The molecule has 0 bridgehead atoms. The molecule has 0 saturated carbocycles. The van der Waals surface area contributed by atoms with E-state index in [0.29, 0.717) is 29.4 Å². The van der Waals surface area contributed by atoms with Gasteiger partial charge in [-0.3, -0.25) is 0 Å². The number of benzene rings is 1. The van der Waals surface area contributed by atoms with Gasteiger partial charge in [-0.05, 0) is 23.8 Å². The van der Waals surface area contributed by atoms with Crippen LogP contribution in [0.2, 0.25) is 0 Å². The van der Waals surface area contributed by atoms with E-state index in [1.54, 1.807) is 55.7 Å². The topological polar surface area (TPSA) is 80.0 Å². The lowest BCUT2D eigenvalue weighted by Gasteiger charge is -2.27. The Labute approximate surface area is 177 Å². The highest BCUT2D eigenvalue weighted by molar-refractivity contribution is 5.52. The first kappa shape index (κ1) is 19.1. The SMILES string of the molecule is COc1cnc2c(Cc3cc(F)c4c(c3)OCC(c3ccc(OC)nc3)O4)cnn2c1. The third-order valence-corrected chi connectivity index (χ3v) is 5.10. The van der Waals surface area contributed by atoms with Crippen LogP contribution in [0.4, 0.5) is 4.39 Å².